The van der Waals surface area contributed by atoms with Gasteiger partial charge in [0, 0.05) is 57.6 Å². The number of urea groups is 1. The summed E-state index contributed by atoms with van der Waals surface area (Å²) in [6.07, 6.45) is 0. The number of imidazole rings is 1. The maximum absolute atomic E-state index is 12.1. The SMILES string of the molecule is CN(C)C(=O)N1CCN(c2ccc3nc(-c4ccc(N)c([N+](=O)[O-])c4)[nH]c3c2)CC1. The van der Waals surface area contributed by atoms with Crippen LogP contribution >= 0.6 is 0 Å². The summed E-state index contributed by atoms with van der Waals surface area (Å²) in [5.41, 5.74) is 8.92. The Hall–Kier alpha value is -3.82. The maximum atomic E-state index is 12.1. The van der Waals surface area contributed by atoms with E-state index in [0.717, 1.165) is 29.8 Å². The van der Waals surface area contributed by atoms with Gasteiger partial charge < -0.3 is 25.4 Å². The Morgan fingerprint density at radius 1 is 1.17 bits per heavy atom. The van der Waals surface area contributed by atoms with E-state index in [1.54, 1.807) is 25.1 Å². The Bertz CT molecular complexity index is 1120. The number of H-pyrrole nitrogens is 1. The van der Waals surface area contributed by atoms with Gasteiger partial charge in [-0.1, -0.05) is 0 Å². The van der Waals surface area contributed by atoms with E-state index in [2.05, 4.69) is 14.9 Å². The van der Waals surface area contributed by atoms with Gasteiger partial charge in [-0.2, -0.15) is 0 Å². The number of nitro groups is 1. The van der Waals surface area contributed by atoms with Crippen LogP contribution in [0, 0.1) is 10.1 Å². The molecular weight excluding hydrogens is 386 g/mol. The number of rotatable bonds is 3. The molecule has 1 aliphatic heterocycles. The highest BCUT2D eigenvalue weighted by molar-refractivity contribution is 5.84. The number of nitro benzene ring substituents is 1. The molecule has 0 unspecified atom stereocenters. The number of hydrogen-bond donors (Lipinski definition) is 2. The van der Waals surface area contributed by atoms with Gasteiger partial charge in [0.25, 0.3) is 5.69 Å². The van der Waals surface area contributed by atoms with E-state index < -0.39 is 4.92 Å². The van der Waals surface area contributed by atoms with Crippen molar-refractivity contribution < 1.29 is 9.72 Å². The van der Waals surface area contributed by atoms with Crippen molar-refractivity contribution in [3.63, 3.8) is 0 Å². The first-order chi connectivity index (χ1) is 14.3. The highest BCUT2D eigenvalue weighted by Gasteiger charge is 2.22. The van der Waals surface area contributed by atoms with E-state index in [1.807, 2.05) is 23.1 Å². The molecule has 0 radical (unpaired) electrons. The number of hydrogen-bond acceptors (Lipinski definition) is 6. The molecule has 2 aromatic carbocycles. The fourth-order valence-electron chi connectivity index (χ4n) is 3.62. The van der Waals surface area contributed by atoms with Gasteiger partial charge >= 0.3 is 6.03 Å². The van der Waals surface area contributed by atoms with Gasteiger partial charge in [-0.3, -0.25) is 10.1 Å². The first kappa shape index (κ1) is 19.5. The molecule has 4 rings (SSSR count). The second-order valence-corrected chi connectivity index (χ2v) is 7.47. The number of anilines is 2. The third-order valence-electron chi connectivity index (χ3n) is 5.26. The quantitative estimate of drug-likeness (QED) is 0.389. The van der Waals surface area contributed by atoms with Crippen LogP contribution in [0.4, 0.5) is 21.9 Å². The molecule has 3 N–H and O–H groups in total. The minimum Gasteiger partial charge on any atom is -0.393 e. The first-order valence-electron chi connectivity index (χ1n) is 9.58. The zero-order valence-electron chi connectivity index (χ0n) is 16.8. The molecule has 30 heavy (non-hydrogen) atoms. The van der Waals surface area contributed by atoms with Crippen molar-refractivity contribution in [2.75, 3.05) is 50.9 Å². The van der Waals surface area contributed by atoms with Crippen LogP contribution in [0.25, 0.3) is 22.4 Å². The monoisotopic (exact) mass is 409 g/mol. The van der Waals surface area contributed by atoms with Crippen LogP contribution in [0.2, 0.25) is 0 Å². The number of piperazine rings is 1. The number of nitrogens with two attached hydrogens (primary N) is 1. The zero-order chi connectivity index (χ0) is 21.4. The second kappa shape index (κ2) is 7.54. The van der Waals surface area contributed by atoms with E-state index >= 15 is 0 Å². The molecule has 10 nitrogen and oxygen atoms in total. The van der Waals surface area contributed by atoms with Crippen LogP contribution in [0.1, 0.15) is 0 Å². The minimum absolute atomic E-state index is 0.0286. The molecule has 156 valence electrons. The summed E-state index contributed by atoms with van der Waals surface area (Å²) < 4.78 is 0. The lowest BCUT2D eigenvalue weighted by Crippen LogP contribution is -2.51. The molecule has 1 fully saturated rings. The molecule has 1 aromatic heterocycles. The van der Waals surface area contributed by atoms with Gasteiger partial charge in [-0.05, 0) is 30.3 Å². The standard InChI is InChI=1S/C20H23N7O3/c1-24(2)20(28)26-9-7-25(8-10-26)14-4-6-16-17(12-14)23-19(22-16)13-3-5-15(21)18(11-13)27(29)30/h3-6,11-12H,7-10,21H2,1-2H3,(H,22,23). The van der Waals surface area contributed by atoms with Crippen LogP contribution in [0.15, 0.2) is 36.4 Å². The van der Waals surface area contributed by atoms with Crippen molar-refractivity contribution in [2.45, 2.75) is 0 Å². The fraction of sp³-hybridized carbons (Fsp3) is 0.300. The summed E-state index contributed by atoms with van der Waals surface area (Å²) in [5.74, 6) is 0.548. The van der Waals surface area contributed by atoms with Crippen LogP contribution < -0.4 is 10.6 Å². The highest BCUT2D eigenvalue weighted by Crippen LogP contribution is 2.30. The Kier molecular flexibility index (Phi) is 4.90. The third kappa shape index (κ3) is 3.59. The molecule has 0 spiro atoms. The average Bonchev–Trinajstić information content (AvgIpc) is 3.16. The Morgan fingerprint density at radius 2 is 1.90 bits per heavy atom. The number of aromatic nitrogens is 2. The van der Waals surface area contributed by atoms with Crippen molar-refractivity contribution in [1.29, 1.82) is 0 Å². The van der Waals surface area contributed by atoms with Crippen molar-refractivity contribution in [3.05, 3.63) is 46.5 Å². The number of nitrogen functional groups attached to an aromatic ring is 1. The van der Waals surface area contributed by atoms with E-state index in [0.29, 0.717) is 24.5 Å². The maximum Gasteiger partial charge on any atom is 0.319 e. The summed E-state index contributed by atoms with van der Waals surface area (Å²) in [5, 5.41) is 11.2. The summed E-state index contributed by atoms with van der Waals surface area (Å²) in [6, 6.07) is 10.6. The molecule has 0 saturated carbocycles. The molecule has 10 heteroatoms. The molecule has 0 bridgehead atoms. The van der Waals surface area contributed by atoms with E-state index in [-0.39, 0.29) is 17.4 Å². The molecule has 1 aliphatic rings. The van der Waals surface area contributed by atoms with Gasteiger partial charge in [-0.25, -0.2) is 9.78 Å². The molecule has 2 heterocycles. The Balaban J connectivity index is 1.56. The molecule has 0 aliphatic carbocycles. The summed E-state index contributed by atoms with van der Waals surface area (Å²) in [6.45, 7) is 2.82. The number of carbonyl (C=O) groups is 1. The van der Waals surface area contributed by atoms with Crippen molar-refractivity contribution in [1.82, 2.24) is 19.8 Å². The van der Waals surface area contributed by atoms with Gasteiger partial charge in [0.05, 0.1) is 16.0 Å². The number of amides is 2. The number of carbonyl (C=O) groups excluding carboxylic acids is 1. The topological polar surface area (TPSA) is 125 Å². The normalized spacial score (nSPS) is 14.2. The fourth-order valence-corrected chi connectivity index (χ4v) is 3.62. The second-order valence-electron chi connectivity index (χ2n) is 7.47. The summed E-state index contributed by atoms with van der Waals surface area (Å²) in [7, 11) is 3.52. The summed E-state index contributed by atoms with van der Waals surface area (Å²) in [4.78, 5) is 36.2. The lowest BCUT2D eigenvalue weighted by Gasteiger charge is -2.37. The lowest BCUT2D eigenvalue weighted by molar-refractivity contribution is -0.383. The smallest absolute Gasteiger partial charge is 0.319 e. The van der Waals surface area contributed by atoms with Gasteiger partial charge in [0.1, 0.15) is 11.5 Å². The lowest BCUT2D eigenvalue weighted by atomic mass is 10.1. The van der Waals surface area contributed by atoms with Crippen molar-refractivity contribution >= 4 is 34.1 Å². The third-order valence-corrected chi connectivity index (χ3v) is 5.26. The van der Waals surface area contributed by atoms with Gasteiger partial charge in [0.15, 0.2) is 0 Å². The van der Waals surface area contributed by atoms with Crippen LogP contribution in [-0.4, -0.2) is 71.0 Å². The molecule has 0 atom stereocenters. The van der Waals surface area contributed by atoms with E-state index in [4.69, 9.17) is 5.73 Å². The average molecular weight is 409 g/mol. The van der Waals surface area contributed by atoms with Crippen LogP contribution in [0.3, 0.4) is 0 Å². The Morgan fingerprint density at radius 3 is 2.57 bits per heavy atom. The van der Waals surface area contributed by atoms with Crippen molar-refractivity contribution in [2.24, 2.45) is 0 Å². The number of benzene rings is 2. The van der Waals surface area contributed by atoms with Crippen LogP contribution in [0.5, 0.6) is 0 Å². The van der Waals surface area contributed by atoms with E-state index in [9.17, 15) is 14.9 Å². The highest BCUT2D eigenvalue weighted by atomic mass is 16.6. The largest absolute Gasteiger partial charge is 0.393 e. The molecule has 3 aromatic rings. The molecule has 2 amide bonds. The predicted octanol–water partition coefficient (Wildman–Crippen LogP) is 2.52. The number of aromatic amines is 1. The number of nitrogens with zero attached hydrogens (tertiary/aromatic N) is 5. The summed E-state index contributed by atoms with van der Waals surface area (Å²) >= 11 is 0. The minimum atomic E-state index is -0.500. The van der Waals surface area contributed by atoms with Gasteiger partial charge in [-0.15, -0.1) is 0 Å². The zero-order valence-corrected chi connectivity index (χ0v) is 16.8. The molecule has 1 saturated heterocycles. The number of nitrogens with one attached hydrogen (secondary N) is 1. The van der Waals surface area contributed by atoms with E-state index in [1.165, 1.54) is 12.1 Å². The van der Waals surface area contributed by atoms with Crippen molar-refractivity contribution in [3.8, 4) is 11.4 Å². The van der Waals surface area contributed by atoms with Gasteiger partial charge in [0.2, 0.25) is 0 Å². The number of fused-ring (bicyclic) bond motifs is 1. The van der Waals surface area contributed by atoms with Crippen LogP contribution in [-0.2, 0) is 0 Å². The molecular formula is C20H23N7O3. The first-order valence-corrected chi connectivity index (χ1v) is 9.58. The Labute approximate surface area is 173 Å². The predicted molar refractivity (Wildman–Crippen MR) is 115 cm³/mol.